The third-order valence-electron chi connectivity index (χ3n) is 3.65. The number of hydrogen-bond donors (Lipinski definition) is 1. The molecule has 0 radical (unpaired) electrons. The minimum Gasteiger partial charge on any atom is -0.344 e. The number of rotatable bonds is 6. The second kappa shape index (κ2) is 8.27. The zero-order valence-corrected chi connectivity index (χ0v) is 15.7. The number of aryl methyl sites for hydroxylation is 1. The maximum Gasteiger partial charge on any atom is 0.252 e. The van der Waals surface area contributed by atoms with Crippen molar-refractivity contribution in [3.63, 3.8) is 0 Å². The first kappa shape index (κ1) is 17.6. The second-order valence-electron chi connectivity index (χ2n) is 5.59. The van der Waals surface area contributed by atoms with E-state index in [9.17, 15) is 4.79 Å². The molecule has 128 valence electrons. The molecule has 3 rings (SSSR count). The van der Waals surface area contributed by atoms with Gasteiger partial charge in [-0.05, 0) is 38.1 Å². The Labute approximate surface area is 155 Å². The lowest BCUT2D eigenvalue weighted by Crippen LogP contribution is -2.27. The van der Waals surface area contributed by atoms with E-state index in [1.807, 2.05) is 56.3 Å². The number of thioether (sulfide) groups is 1. The molecule has 0 saturated heterocycles. The lowest BCUT2D eigenvalue weighted by Gasteiger charge is -2.15. The van der Waals surface area contributed by atoms with Crippen molar-refractivity contribution in [3.05, 3.63) is 76.0 Å². The maximum absolute atomic E-state index is 12.7. The Hall–Kier alpha value is -2.18. The zero-order valence-electron chi connectivity index (χ0n) is 14.1. The zero-order chi connectivity index (χ0) is 17.6. The first-order chi connectivity index (χ1) is 12.1. The number of benzene rings is 1. The molecule has 3 aromatic rings. The highest BCUT2D eigenvalue weighted by molar-refractivity contribution is 7.98. The molecule has 6 heteroatoms. The normalized spacial score (nSPS) is 11.9. The Morgan fingerprint density at radius 3 is 2.76 bits per heavy atom. The molecular weight excluding hydrogens is 350 g/mol. The van der Waals surface area contributed by atoms with Gasteiger partial charge in [-0.1, -0.05) is 18.2 Å². The molecular formula is C19H19N3OS2. The molecule has 2 heterocycles. The summed E-state index contributed by atoms with van der Waals surface area (Å²) in [4.78, 5) is 22.4. The van der Waals surface area contributed by atoms with E-state index in [4.69, 9.17) is 0 Å². The molecule has 0 aliphatic rings. The van der Waals surface area contributed by atoms with E-state index < -0.39 is 0 Å². The summed E-state index contributed by atoms with van der Waals surface area (Å²) in [5.41, 5.74) is 2.57. The summed E-state index contributed by atoms with van der Waals surface area (Å²) in [6.45, 7) is 3.94. The van der Waals surface area contributed by atoms with Crippen molar-refractivity contribution in [2.24, 2.45) is 0 Å². The minimum absolute atomic E-state index is 0.0873. The van der Waals surface area contributed by atoms with Crippen molar-refractivity contribution in [3.8, 4) is 0 Å². The van der Waals surface area contributed by atoms with Crippen LogP contribution in [0.5, 0.6) is 0 Å². The van der Waals surface area contributed by atoms with Crippen LogP contribution in [0.4, 0.5) is 0 Å². The Balaban J connectivity index is 1.70. The van der Waals surface area contributed by atoms with Gasteiger partial charge < -0.3 is 5.32 Å². The van der Waals surface area contributed by atoms with Crippen LogP contribution in [0.1, 0.15) is 39.7 Å². The molecule has 1 atom stereocenters. The molecule has 25 heavy (non-hydrogen) atoms. The van der Waals surface area contributed by atoms with Crippen LogP contribution < -0.4 is 5.32 Å². The van der Waals surface area contributed by atoms with E-state index in [2.05, 4.69) is 20.7 Å². The average molecular weight is 370 g/mol. The van der Waals surface area contributed by atoms with Crippen molar-refractivity contribution in [1.29, 1.82) is 0 Å². The Morgan fingerprint density at radius 1 is 1.24 bits per heavy atom. The predicted molar refractivity (Wildman–Crippen MR) is 103 cm³/mol. The van der Waals surface area contributed by atoms with Gasteiger partial charge in [0.1, 0.15) is 0 Å². The average Bonchev–Trinajstić information content (AvgIpc) is 3.06. The second-order valence-corrected chi connectivity index (χ2v) is 7.67. The molecule has 0 aliphatic carbocycles. The monoisotopic (exact) mass is 369 g/mol. The van der Waals surface area contributed by atoms with Crippen LogP contribution in [0.25, 0.3) is 0 Å². The quantitative estimate of drug-likeness (QED) is 0.644. The fourth-order valence-corrected chi connectivity index (χ4v) is 4.05. The molecule has 1 unspecified atom stereocenters. The number of aromatic nitrogens is 2. The summed E-state index contributed by atoms with van der Waals surface area (Å²) in [7, 11) is 0. The van der Waals surface area contributed by atoms with Gasteiger partial charge in [0.05, 0.1) is 28.0 Å². The van der Waals surface area contributed by atoms with Gasteiger partial charge in [0, 0.05) is 22.2 Å². The van der Waals surface area contributed by atoms with Gasteiger partial charge in [0.2, 0.25) is 0 Å². The number of hydrogen-bond acceptors (Lipinski definition) is 5. The van der Waals surface area contributed by atoms with E-state index in [0.29, 0.717) is 5.56 Å². The van der Waals surface area contributed by atoms with Crippen molar-refractivity contribution >= 4 is 29.0 Å². The fourth-order valence-electron chi connectivity index (χ4n) is 2.39. The topological polar surface area (TPSA) is 54.9 Å². The minimum atomic E-state index is -0.145. The molecule has 1 N–H and O–H groups in total. The highest BCUT2D eigenvalue weighted by atomic mass is 32.2. The largest absolute Gasteiger partial charge is 0.344 e. The molecule has 1 aromatic carbocycles. The summed E-state index contributed by atoms with van der Waals surface area (Å²) >= 11 is 3.28. The van der Waals surface area contributed by atoms with Gasteiger partial charge in [-0.25, -0.2) is 4.98 Å². The molecule has 0 spiro atoms. The number of nitrogens with one attached hydrogen (secondary N) is 1. The summed E-state index contributed by atoms with van der Waals surface area (Å²) in [6, 6.07) is 13.2. The van der Waals surface area contributed by atoms with Crippen molar-refractivity contribution < 1.29 is 4.79 Å². The lowest BCUT2D eigenvalue weighted by molar-refractivity contribution is 0.0936. The van der Waals surface area contributed by atoms with Crippen LogP contribution in [0.3, 0.4) is 0 Å². The van der Waals surface area contributed by atoms with Crippen LogP contribution >= 0.6 is 23.1 Å². The number of pyridine rings is 1. The summed E-state index contributed by atoms with van der Waals surface area (Å²) in [6.07, 6.45) is 1.73. The van der Waals surface area contributed by atoms with E-state index in [-0.39, 0.29) is 11.9 Å². The molecule has 1 amide bonds. The van der Waals surface area contributed by atoms with Gasteiger partial charge in [0.25, 0.3) is 5.91 Å². The highest BCUT2D eigenvalue weighted by Crippen LogP contribution is 2.27. The SMILES string of the molecule is Cc1nc(CSc2ccccc2C(=O)NC(C)c2ccccn2)cs1. The molecule has 0 bridgehead atoms. The number of thiazole rings is 1. The molecule has 2 aromatic heterocycles. The molecule has 0 saturated carbocycles. The Bertz CT molecular complexity index is 849. The first-order valence-corrected chi connectivity index (χ1v) is 9.84. The van der Waals surface area contributed by atoms with E-state index in [1.54, 1.807) is 29.3 Å². The van der Waals surface area contributed by atoms with Gasteiger partial charge in [-0.15, -0.1) is 23.1 Å². The first-order valence-electron chi connectivity index (χ1n) is 7.98. The van der Waals surface area contributed by atoms with Crippen LogP contribution in [0.2, 0.25) is 0 Å². The number of carbonyl (C=O) groups excluding carboxylic acids is 1. The van der Waals surface area contributed by atoms with Crippen LogP contribution in [0.15, 0.2) is 58.9 Å². The fraction of sp³-hybridized carbons (Fsp3) is 0.211. The van der Waals surface area contributed by atoms with E-state index in [1.165, 1.54) is 0 Å². The Morgan fingerprint density at radius 2 is 2.04 bits per heavy atom. The van der Waals surface area contributed by atoms with Crippen LogP contribution in [-0.4, -0.2) is 15.9 Å². The van der Waals surface area contributed by atoms with Gasteiger partial charge in [0.15, 0.2) is 0 Å². The lowest BCUT2D eigenvalue weighted by atomic mass is 10.1. The summed E-state index contributed by atoms with van der Waals surface area (Å²) in [5.74, 6) is 0.667. The standard InChI is InChI=1S/C19H19N3OS2/c1-13(17-8-5-6-10-20-17)21-19(23)16-7-3-4-9-18(16)25-12-15-11-24-14(2)22-15/h3-11,13H,12H2,1-2H3,(H,21,23). The molecule has 0 fully saturated rings. The highest BCUT2D eigenvalue weighted by Gasteiger charge is 2.15. The van der Waals surface area contributed by atoms with Gasteiger partial charge >= 0.3 is 0 Å². The van der Waals surface area contributed by atoms with Crippen molar-refractivity contribution in [1.82, 2.24) is 15.3 Å². The van der Waals surface area contributed by atoms with E-state index >= 15 is 0 Å². The maximum atomic E-state index is 12.7. The molecule has 4 nitrogen and oxygen atoms in total. The van der Waals surface area contributed by atoms with Crippen molar-refractivity contribution in [2.75, 3.05) is 0 Å². The van der Waals surface area contributed by atoms with Gasteiger partial charge in [-0.2, -0.15) is 0 Å². The predicted octanol–water partition coefficient (Wildman–Crippen LogP) is 4.63. The number of nitrogens with zero attached hydrogens (tertiary/aromatic N) is 2. The molecule has 0 aliphatic heterocycles. The van der Waals surface area contributed by atoms with Crippen LogP contribution in [-0.2, 0) is 5.75 Å². The smallest absolute Gasteiger partial charge is 0.252 e. The van der Waals surface area contributed by atoms with Crippen LogP contribution in [0, 0.1) is 6.92 Å². The Kier molecular flexibility index (Phi) is 5.83. The number of amides is 1. The van der Waals surface area contributed by atoms with Crippen molar-refractivity contribution in [2.45, 2.75) is 30.5 Å². The third-order valence-corrected chi connectivity index (χ3v) is 5.58. The summed E-state index contributed by atoms with van der Waals surface area (Å²) in [5, 5.41) is 6.15. The third kappa shape index (κ3) is 4.67. The van der Waals surface area contributed by atoms with Gasteiger partial charge in [-0.3, -0.25) is 9.78 Å². The number of carbonyl (C=O) groups is 1. The van der Waals surface area contributed by atoms with E-state index in [0.717, 1.165) is 27.0 Å². The summed E-state index contributed by atoms with van der Waals surface area (Å²) < 4.78 is 0.